The van der Waals surface area contributed by atoms with Gasteiger partial charge in [0.1, 0.15) is 28.7 Å². The van der Waals surface area contributed by atoms with E-state index >= 15 is 0 Å². The predicted octanol–water partition coefficient (Wildman–Crippen LogP) is 13.4. The van der Waals surface area contributed by atoms with Crippen molar-refractivity contribution in [2.45, 2.75) is 166 Å². The summed E-state index contributed by atoms with van der Waals surface area (Å²) in [6.07, 6.45) is -8.31. The average molecular weight is 1480 g/mol. The summed E-state index contributed by atoms with van der Waals surface area (Å²) >= 11 is 0. The van der Waals surface area contributed by atoms with Crippen LogP contribution in [0.25, 0.3) is 0 Å². The second-order valence-electron chi connectivity index (χ2n) is 26.5. The molecule has 0 bridgehead atoms. The van der Waals surface area contributed by atoms with Crippen molar-refractivity contribution < 1.29 is 90.9 Å². The van der Waals surface area contributed by atoms with Crippen LogP contribution in [-0.4, -0.2) is 150 Å². The van der Waals surface area contributed by atoms with E-state index in [4.69, 9.17) is 19.1 Å². The van der Waals surface area contributed by atoms with Crippen LogP contribution in [-0.2, 0) is 76.5 Å². The average Bonchev–Trinajstić information content (AvgIpc) is 1.56. The highest BCUT2D eigenvalue weighted by Gasteiger charge is 2.42. The van der Waals surface area contributed by atoms with Gasteiger partial charge >= 0.3 is 36.9 Å². The van der Waals surface area contributed by atoms with E-state index in [1.54, 1.807) is 35.5 Å². The molecule has 5 N–H and O–H groups in total. The first kappa shape index (κ1) is 81.8. The van der Waals surface area contributed by atoms with Crippen LogP contribution in [0.5, 0.6) is 0 Å². The number of carbonyl (C=O) groups is 4. The SMILES string of the molecule is CC(C)(C)OC(=O)N1CCc2c(C(=O)N3CCC(c4c(F)cccc4C(F)(F)F)CC3)n[nH]c2C1.CC(C)(C)OC(=O)N1CCc2cn[nH]c2C1.Cl.Cl.Fc1cccc(C(F)(F)F)c1C1CCNCC1.O=C(c1n[nH]c2c1CCNC2)N1CCC(c2c(F)cccc2C(F)(F)F)CC1.O=C=O. The first-order chi connectivity index (χ1) is 46.6. The van der Waals surface area contributed by atoms with Crippen LogP contribution in [0, 0.1) is 17.5 Å². The molecule has 3 aromatic carbocycles. The maximum absolute atomic E-state index is 14.4. The van der Waals surface area contributed by atoms with E-state index in [0.29, 0.717) is 76.3 Å². The topological polar surface area (TPSA) is 244 Å². The van der Waals surface area contributed by atoms with E-state index in [1.165, 1.54) is 10.5 Å². The molecule has 0 spiro atoms. The largest absolute Gasteiger partial charge is 0.444 e. The number of nitrogens with one attached hydrogen (secondary N) is 5. The van der Waals surface area contributed by atoms with Gasteiger partial charge in [-0.1, -0.05) is 18.2 Å². The van der Waals surface area contributed by atoms with Gasteiger partial charge in [0, 0.05) is 73.6 Å². The number of piperidine rings is 3. The van der Waals surface area contributed by atoms with E-state index in [-0.39, 0.29) is 136 Å². The number of carbonyl (C=O) groups excluding carboxylic acids is 6. The van der Waals surface area contributed by atoms with Crippen molar-refractivity contribution in [1.82, 2.24) is 60.8 Å². The Balaban J connectivity index is 0.000000217. The Bertz CT molecular complexity index is 3820. The Labute approximate surface area is 586 Å². The van der Waals surface area contributed by atoms with E-state index in [0.717, 1.165) is 90.1 Å². The number of benzene rings is 3. The van der Waals surface area contributed by atoms with E-state index < -0.39 is 81.8 Å². The van der Waals surface area contributed by atoms with Crippen molar-refractivity contribution >= 4 is 55.0 Å². The summed E-state index contributed by atoms with van der Waals surface area (Å²) in [5.41, 5.74) is 1.47. The highest BCUT2D eigenvalue weighted by molar-refractivity contribution is 5.95. The number of aromatic amines is 3. The van der Waals surface area contributed by atoms with Crippen LogP contribution in [0.4, 0.5) is 62.3 Å². The molecule has 554 valence electrons. The number of ether oxygens (including phenoxy) is 2. The molecule has 4 amide bonds. The molecule has 0 unspecified atom stereocenters. The molecule has 3 saturated heterocycles. The monoisotopic (exact) mass is 1480 g/mol. The molecule has 0 radical (unpaired) electrons. The summed E-state index contributed by atoms with van der Waals surface area (Å²) in [6.45, 7) is 16.4. The fourth-order valence-corrected chi connectivity index (χ4v) is 12.8. The molecule has 6 aliphatic heterocycles. The van der Waals surface area contributed by atoms with Crippen molar-refractivity contribution in [1.29, 1.82) is 0 Å². The fourth-order valence-electron chi connectivity index (χ4n) is 12.8. The minimum atomic E-state index is -4.65. The molecule has 0 aliphatic carbocycles. The summed E-state index contributed by atoms with van der Waals surface area (Å²) < 4.78 is 171. The zero-order chi connectivity index (χ0) is 72.4. The van der Waals surface area contributed by atoms with Crippen LogP contribution < -0.4 is 10.6 Å². The van der Waals surface area contributed by atoms with Crippen LogP contribution >= 0.6 is 24.8 Å². The normalized spacial score (nSPS) is 16.7. The third-order valence-corrected chi connectivity index (χ3v) is 17.5. The number of halogens is 14. The lowest BCUT2D eigenvalue weighted by Gasteiger charge is -2.33. The molecule has 12 rings (SSSR count). The Morgan fingerprint density at radius 2 is 0.851 bits per heavy atom. The van der Waals surface area contributed by atoms with Crippen LogP contribution in [0.2, 0.25) is 0 Å². The maximum Gasteiger partial charge on any atom is 0.416 e. The Morgan fingerprint density at radius 1 is 0.475 bits per heavy atom. The molecule has 9 heterocycles. The number of hydrogen-bond acceptors (Lipinski definition) is 13. The lowest BCUT2D eigenvalue weighted by atomic mass is 9.85. The minimum Gasteiger partial charge on any atom is -0.444 e. The molecular weight excluding hydrogens is 1400 g/mol. The third-order valence-electron chi connectivity index (χ3n) is 17.5. The molecule has 20 nitrogen and oxygen atoms in total. The lowest BCUT2D eigenvalue weighted by molar-refractivity contribution is -0.191. The van der Waals surface area contributed by atoms with E-state index in [1.807, 2.05) is 27.0 Å². The van der Waals surface area contributed by atoms with Gasteiger partial charge in [0.25, 0.3) is 11.8 Å². The summed E-state index contributed by atoms with van der Waals surface area (Å²) in [5, 5.41) is 27.2. The van der Waals surface area contributed by atoms with Gasteiger partial charge in [0.2, 0.25) is 0 Å². The van der Waals surface area contributed by atoms with Gasteiger partial charge in [0.15, 0.2) is 11.4 Å². The summed E-state index contributed by atoms with van der Waals surface area (Å²) in [4.78, 5) is 72.8. The zero-order valence-electron chi connectivity index (χ0n) is 56.1. The molecule has 101 heavy (non-hydrogen) atoms. The van der Waals surface area contributed by atoms with Gasteiger partial charge in [-0.15, -0.1) is 24.8 Å². The van der Waals surface area contributed by atoms with Gasteiger partial charge in [0.05, 0.1) is 53.1 Å². The molecule has 3 fully saturated rings. The Morgan fingerprint density at radius 3 is 1.26 bits per heavy atom. The Hall–Kier alpha value is -8.19. The standard InChI is InChI=1S/C24H28F4N4O3.C19H20F4N4O.C12H13F4N.C11H17N3O2.CO2.2ClH/c1-23(2,3)35-22(34)32-12-9-15-18(13-32)29-30-20(15)21(33)31-10-7-14(8-11-31)19-16(24(26,27)28)5-4-6-17(19)25;20-14-3-1-2-13(19(21,22)23)16(14)11-5-8-27(9-6-11)18(28)17-12-4-7-24-10-15(12)25-26-17;13-10-3-1-2-9(12(14,15)16)11(10)8-4-6-17-7-5-8;1-11(2,3)16-10(15)14-5-4-8-6-12-13-9(8)7-14;2-1-3;;/h4-6,14H,7-13H2,1-3H3,(H,29,30);1-3,11,24H,4-10H2,(H,25,26);1-3,8,17H,4-7H2;6H,4-5,7H2,1-3H3,(H,12,13);;2*1H. The number of fused-ring (bicyclic) bond motifs is 3. The van der Waals surface area contributed by atoms with Crippen molar-refractivity contribution in [2.75, 3.05) is 58.9 Å². The van der Waals surface area contributed by atoms with Crippen molar-refractivity contribution in [3.8, 4) is 0 Å². The molecule has 6 aromatic rings. The Kier molecular flexibility index (Phi) is 28.1. The van der Waals surface area contributed by atoms with Crippen LogP contribution in [0.3, 0.4) is 0 Å². The molecular formula is C67H80Cl2F12N12O8. The van der Waals surface area contributed by atoms with Gasteiger partial charge in [-0.05, 0) is 179 Å². The number of amides is 4. The maximum atomic E-state index is 14.4. The van der Waals surface area contributed by atoms with Crippen molar-refractivity contribution in [3.63, 3.8) is 0 Å². The van der Waals surface area contributed by atoms with Crippen molar-refractivity contribution in [2.24, 2.45) is 0 Å². The highest BCUT2D eigenvalue weighted by Crippen LogP contribution is 2.43. The molecule has 34 heteroatoms. The molecule has 0 saturated carbocycles. The first-order valence-electron chi connectivity index (χ1n) is 32.2. The lowest BCUT2D eigenvalue weighted by Crippen LogP contribution is -2.41. The van der Waals surface area contributed by atoms with Crippen LogP contribution in [0.1, 0.15) is 186 Å². The first-order valence-corrected chi connectivity index (χ1v) is 32.2. The number of rotatable bonds is 5. The molecule has 3 aromatic heterocycles. The third kappa shape index (κ3) is 21.2. The number of nitrogens with zero attached hydrogens (tertiary/aromatic N) is 7. The summed E-state index contributed by atoms with van der Waals surface area (Å²) in [6, 6.07) is 9.23. The number of alkyl halides is 9. The van der Waals surface area contributed by atoms with E-state index in [9.17, 15) is 71.9 Å². The van der Waals surface area contributed by atoms with Crippen LogP contribution in [0.15, 0.2) is 60.8 Å². The van der Waals surface area contributed by atoms with Crippen molar-refractivity contribution in [3.05, 3.63) is 157 Å². The number of aromatic nitrogens is 6. The predicted molar refractivity (Wildman–Crippen MR) is 346 cm³/mol. The second kappa shape index (κ2) is 34.7. The van der Waals surface area contributed by atoms with E-state index in [2.05, 4.69) is 41.2 Å². The number of hydrogen-bond donors (Lipinski definition) is 5. The zero-order valence-corrected chi connectivity index (χ0v) is 57.7. The quantitative estimate of drug-likeness (QED) is 0.101. The minimum absolute atomic E-state index is 0. The summed E-state index contributed by atoms with van der Waals surface area (Å²) in [7, 11) is 0. The smallest absolute Gasteiger partial charge is 0.416 e. The molecule has 6 aliphatic rings. The van der Waals surface area contributed by atoms with Gasteiger partial charge in [-0.2, -0.15) is 64.4 Å². The number of H-pyrrole nitrogens is 3. The summed E-state index contributed by atoms with van der Waals surface area (Å²) in [5.74, 6) is -4.54. The van der Waals surface area contributed by atoms with Gasteiger partial charge in [-0.3, -0.25) is 24.9 Å². The van der Waals surface area contributed by atoms with Gasteiger partial charge in [-0.25, -0.2) is 22.8 Å². The molecule has 0 atom stereocenters. The second-order valence-corrected chi connectivity index (χ2v) is 26.5. The van der Waals surface area contributed by atoms with Gasteiger partial charge < -0.3 is 39.7 Å². The fraction of sp³-hybridized carbons (Fsp3) is 0.522. The number of likely N-dealkylation sites (tertiary alicyclic amines) is 2. The highest BCUT2D eigenvalue weighted by atomic mass is 35.5.